The number of halogens is 2. The van der Waals surface area contributed by atoms with Gasteiger partial charge in [0, 0.05) is 30.3 Å². The minimum absolute atomic E-state index is 0.0314. The number of allylic oxidation sites excluding steroid dienone is 3. The topological polar surface area (TPSA) is 87.9 Å². The van der Waals surface area contributed by atoms with Crippen molar-refractivity contribution in [3.8, 4) is 5.75 Å². The summed E-state index contributed by atoms with van der Waals surface area (Å²) in [7, 11) is 5.45. The van der Waals surface area contributed by atoms with E-state index in [4.69, 9.17) is 14.5 Å². The molecule has 0 saturated heterocycles. The molecule has 3 aliphatic rings. The monoisotopic (exact) mass is 615 g/mol. The van der Waals surface area contributed by atoms with Gasteiger partial charge in [0.1, 0.15) is 5.82 Å². The summed E-state index contributed by atoms with van der Waals surface area (Å²) in [4.78, 5) is 28.4. The minimum Gasteiger partial charge on any atom is -0.494 e. The number of nitrogens with one attached hydrogen (secondary N) is 1. The fourth-order valence-electron chi connectivity index (χ4n) is 6.08. The molecule has 1 aliphatic carbocycles. The van der Waals surface area contributed by atoms with Gasteiger partial charge in [0.15, 0.2) is 17.4 Å². The van der Waals surface area contributed by atoms with E-state index in [1.807, 2.05) is 26.2 Å². The van der Waals surface area contributed by atoms with E-state index < -0.39 is 22.8 Å². The van der Waals surface area contributed by atoms with Gasteiger partial charge in [-0.2, -0.15) is 0 Å². The molecule has 2 atom stereocenters. The number of Topliss-reactive ketones (excluding diaryl/α,β-unsaturated/α-hetero) is 1. The third-order valence-corrected chi connectivity index (χ3v) is 8.32. The zero-order chi connectivity index (χ0) is 32.1. The summed E-state index contributed by atoms with van der Waals surface area (Å²) >= 11 is 0. The van der Waals surface area contributed by atoms with Crippen LogP contribution in [-0.2, 0) is 11.2 Å². The van der Waals surface area contributed by atoms with Gasteiger partial charge in [-0.05, 0) is 87.6 Å². The summed E-state index contributed by atoms with van der Waals surface area (Å²) in [6.45, 7) is 7.76. The Morgan fingerprint density at radius 2 is 2.07 bits per heavy atom. The van der Waals surface area contributed by atoms with Crippen LogP contribution in [0.2, 0.25) is 0 Å². The van der Waals surface area contributed by atoms with Gasteiger partial charge >= 0.3 is 0 Å². The number of ketones is 1. The summed E-state index contributed by atoms with van der Waals surface area (Å²) in [5.74, 6) is -0.792. The van der Waals surface area contributed by atoms with Crippen molar-refractivity contribution >= 4 is 34.8 Å². The quantitative estimate of drug-likeness (QED) is 0.121. The number of anilines is 1. The van der Waals surface area contributed by atoms with Crippen LogP contribution < -0.4 is 10.1 Å². The average Bonchev–Trinajstić information content (AvgIpc) is 3.61. The van der Waals surface area contributed by atoms with Gasteiger partial charge in [-0.15, -0.1) is 6.58 Å². The maximum Gasteiger partial charge on any atom is 0.206 e. The van der Waals surface area contributed by atoms with Gasteiger partial charge in [0.05, 0.1) is 43.2 Å². The summed E-state index contributed by atoms with van der Waals surface area (Å²) in [5.41, 5.74) is 3.26. The number of hydrogen-bond acceptors (Lipinski definition) is 8. The van der Waals surface area contributed by atoms with Crippen LogP contribution in [0.25, 0.3) is 5.57 Å². The number of amidine groups is 1. The first kappa shape index (κ1) is 32.1. The van der Waals surface area contributed by atoms with E-state index >= 15 is 8.78 Å². The second-order valence-corrected chi connectivity index (χ2v) is 11.7. The molecular formula is C35H39F2N5O3. The molecule has 0 amide bonds. The number of aliphatic imine (C=N–C) groups is 3. The lowest BCUT2D eigenvalue weighted by atomic mass is 9.82. The Kier molecular flexibility index (Phi) is 9.84. The number of benzene rings is 2. The molecule has 1 saturated carbocycles. The van der Waals surface area contributed by atoms with Crippen LogP contribution >= 0.6 is 0 Å². The lowest BCUT2D eigenvalue weighted by molar-refractivity contribution is 0.106. The SMILES string of the molecule is C=CCc1c(C2=CN=C3C(Nc4cc(C)c(C(=O)C=NCCOCCCN(C)C)c(F)c4)=NC=CC4CC234)ccc(OC)c1F. The molecule has 0 bridgehead atoms. The van der Waals surface area contributed by atoms with Gasteiger partial charge in [-0.25, -0.2) is 13.8 Å². The molecule has 10 heteroatoms. The number of carbonyl (C=O) groups is 1. The Morgan fingerprint density at radius 1 is 1.24 bits per heavy atom. The first-order chi connectivity index (χ1) is 21.7. The normalized spacial score (nSPS) is 19.9. The molecule has 2 aromatic carbocycles. The fraction of sp³-hybridized carbons (Fsp3) is 0.371. The molecule has 0 aromatic heterocycles. The highest BCUT2D eigenvalue weighted by atomic mass is 19.1. The van der Waals surface area contributed by atoms with E-state index in [2.05, 4.69) is 26.8 Å². The number of rotatable bonds is 14. The molecule has 1 fully saturated rings. The van der Waals surface area contributed by atoms with E-state index in [0.29, 0.717) is 54.5 Å². The predicted molar refractivity (Wildman–Crippen MR) is 176 cm³/mol. The van der Waals surface area contributed by atoms with Crippen molar-refractivity contribution in [2.45, 2.75) is 26.2 Å². The number of carbonyl (C=O) groups excluding carboxylic acids is 1. The molecule has 5 rings (SSSR count). The maximum atomic E-state index is 15.3. The number of nitrogens with zero attached hydrogens (tertiary/aromatic N) is 4. The van der Waals surface area contributed by atoms with Crippen molar-refractivity contribution in [2.24, 2.45) is 26.3 Å². The van der Waals surface area contributed by atoms with Gasteiger partial charge in [-0.1, -0.05) is 18.2 Å². The van der Waals surface area contributed by atoms with Gasteiger partial charge in [0.25, 0.3) is 0 Å². The molecule has 2 unspecified atom stereocenters. The van der Waals surface area contributed by atoms with E-state index in [0.717, 1.165) is 36.7 Å². The van der Waals surface area contributed by atoms with Crippen LogP contribution in [0.15, 0.2) is 70.4 Å². The molecule has 1 N–H and O–H groups in total. The largest absolute Gasteiger partial charge is 0.494 e. The number of hydrogen-bond donors (Lipinski definition) is 1. The Morgan fingerprint density at radius 3 is 2.80 bits per heavy atom. The van der Waals surface area contributed by atoms with Crippen molar-refractivity contribution in [1.29, 1.82) is 0 Å². The highest BCUT2D eigenvalue weighted by Crippen LogP contribution is 2.65. The smallest absolute Gasteiger partial charge is 0.206 e. The van der Waals surface area contributed by atoms with E-state index in [1.165, 1.54) is 13.2 Å². The van der Waals surface area contributed by atoms with Crippen LogP contribution in [-0.4, -0.2) is 76.0 Å². The Labute approximate surface area is 263 Å². The fourth-order valence-corrected chi connectivity index (χ4v) is 6.08. The molecule has 8 nitrogen and oxygen atoms in total. The standard InChI is InChI=1S/C35H39F2N5O3/c1-6-8-26-25(9-10-30(44-5)32(26)37)27-20-40-33-34(39-12-11-23-19-35(23,27)33)41-24-17-22(2)31(28(36)18-24)29(43)21-38-13-16-45-15-7-14-42(3)4/h6,9-12,17-18,20-21,23H,1,7-8,13-16,19H2,2-5H3,(H,39,41). The molecule has 236 valence electrons. The van der Waals surface area contributed by atoms with Gasteiger partial charge < -0.3 is 19.7 Å². The van der Waals surface area contributed by atoms with Crippen molar-refractivity contribution in [3.63, 3.8) is 0 Å². The van der Waals surface area contributed by atoms with E-state index in [-0.39, 0.29) is 17.2 Å². The second-order valence-electron chi connectivity index (χ2n) is 11.7. The molecule has 45 heavy (non-hydrogen) atoms. The lowest BCUT2D eigenvalue weighted by Crippen LogP contribution is -2.30. The summed E-state index contributed by atoms with van der Waals surface area (Å²) in [5, 5.41) is 3.24. The molecule has 2 aliphatic heterocycles. The van der Waals surface area contributed by atoms with Crippen LogP contribution in [0.4, 0.5) is 14.5 Å². The zero-order valence-corrected chi connectivity index (χ0v) is 26.2. The number of aryl methyl sites for hydroxylation is 1. The number of methoxy groups -OCH3 is 1. The highest BCUT2D eigenvalue weighted by molar-refractivity contribution is 6.51. The van der Waals surface area contributed by atoms with Crippen molar-refractivity contribution in [1.82, 2.24) is 4.90 Å². The van der Waals surface area contributed by atoms with Crippen LogP contribution in [0.3, 0.4) is 0 Å². The summed E-state index contributed by atoms with van der Waals surface area (Å²) in [6.07, 6.45) is 10.4. The van der Waals surface area contributed by atoms with Crippen LogP contribution in [0.1, 0.15) is 39.9 Å². The third kappa shape index (κ3) is 6.57. The Bertz CT molecular complexity index is 1620. The average molecular weight is 616 g/mol. The second kappa shape index (κ2) is 13.8. The Balaban J connectivity index is 1.29. The first-order valence-corrected chi connectivity index (χ1v) is 15.1. The summed E-state index contributed by atoms with van der Waals surface area (Å²) in [6, 6.07) is 6.48. The zero-order valence-electron chi connectivity index (χ0n) is 26.2. The third-order valence-electron chi connectivity index (χ3n) is 8.32. The predicted octanol–water partition coefficient (Wildman–Crippen LogP) is 6.07. The van der Waals surface area contributed by atoms with E-state index in [9.17, 15) is 4.79 Å². The summed E-state index contributed by atoms with van der Waals surface area (Å²) < 4.78 is 41.4. The molecule has 2 heterocycles. The number of ether oxygens (including phenoxy) is 2. The molecule has 2 aromatic rings. The van der Waals surface area contributed by atoms with E-state index in [1.54, 1.807) is 37.5 Å². The van der Waals surface area contributed by atoms with Crippen LogP contribution in [0.5, 0.6) is 5.75 Å². The van der Waals surface area contributed by atoms with Gasteiger partial charge in [0.2, 0.25) is 5.78 Å². The molecular weight excluding hydrogens is 576 g/mol. The Hall–Kier alpha value is -4.28. The van der Waals surface area contributed by atoms with Gasteiger partial charge in [-0.3, -0.25) is 14.8 Å². The maximum absolute atomic E-state index is 15.3. The molecule has 1 spiro atoms. The van der Waals surface area contributed by atoms with Crippen molar-refractivity contribution < 1.29 is 23.0 Å². The molecule has 0 radical (unpaired) electrons. The lowest BCUT2D eigenvalue weighted by Gasteiger charge is -2.22. The first-order valence-electron chi connectivity index (χ1n) is 15.1. The van der Waals surface area contributed by atoms with Crippen LogP contribution in [0, 0.1) is 29.9 Å². The van der Waals surface area contributed by atoms with Crippen molar-refractivity contribution in [2.75, 3.05) is 52.8 Å². The minimum atomic E-state index is -0.660. The van der Waals surface area contributed by atoms with Crippen molar-refractivity contribution in [3.05, 3.63) is 89.3 Å². The highest BCUT2D eigenvalue weighted by Gasteiger charge is 2.63.